The summed E-state index contributed by atoms with van der Waals surface area (Å²) in [7, 11) is 0. The average molecular weight is 316 g/mol. The molecule has 6 heteroatoms. The quantitative estimate of drug-likeness (QED) is 0.566. The SMILES string of the molecule is Nc1onc(-c2cc3sccc3s2)c1-c1cccc(F)c1. The Morgan fingerprint density at radius 2 is 2.05 bits per heavy atom. The highest BCUT2D eigenvalue weighted by Crippen LogP contribution is 2.42. The van der Waals surface area contributed by atoms with Crippen LogP contribution in [0, 0.1) is 5.82 Å². The number of fused-ring (bicyclic) bond motifs is 1. The Morgan fingerprint density at radius 1 is 1.14 bits per heavy atom. The van der Waals surface area contributed by atoms with Crippen LogP contribution in [0.5, 0.6) is 0 Å². The summed E-state index contributed by atoms with van der Waals surface area (Å²) in [6.45, 7) is 0. The van der Waals surface area contributed by atoms with Crippen LogP contribution < -0.4 is 5.73 Å². The van der Waals surface area contributed by atoms with E-state index < -0.39 is 0 Å². The van der Waals surface area contributed by atoms with Crippen molar-refractivity contribution >= 4 is 38.0 Å². The van der Waals surface area contributed by atoms with Gasteiger partial charge in [-0.15, -0.1) is 22.7 Å². The van der Waals surface area contributed by atoms with E-state index >= 15 is 0 Å². The molecule has 0 aliphatic rings. The number of nitrogen functional groups attached to an aromatic ring is 1. The van der Waals surface area contributed by atoms with E-state index in [2.05, 4.69) is 22.7 Å². The van der Waals surface area contributed by atoms with Crippen molar-refractivity contribution in [1.82, 2.24) is 5.16 Å². The molecule has 3 heterocycles. The molecule has 1 aromatic carbocycles. The molecule has 0 saturated heterocycles. The molecule has 104 valence electrons. The van der Waals surface area contributed by atoms with Crippen molar-refractivity contribution in [2.24, 2.45) is 0 Å². The number of rotatable bonds is 2. The molecule has 3 nitrogen and oxygen atoms in total. The summed E-state index contributed by atoms with van der Waals surface area (Å²) in [4.78, 5) is 0.969. The van der Waals surface area contributed by atoms with E-state index in [0.717, 1.165) is 4.88 Å². The van der Waals surface area contributed by atoms with Gasteiger partial charge in [0.2, 0.25) is 5.88 Å². The molecule has 0 unspecified atom stereocenters. The first kappa shape index (κ1) is 12.6. The van der Waals surface area contributed by atoms with Crippen LogP contribution in [0.2, 0.25) is 0 Å². The van der Waals surface area contributed by atoms with Gasteiger partial charge < -0.3 is 10.3 Å². The highest BCUT2D eigenvalue weighted by Gasteiger charge is 2.19. The number of hydrogen-bond acceptors (Lipinski definition) is 5. The van der Waals surface area contributed by atoms with E-state index in [9.17, 15) is 4.39 Å². The molecular weight excluding hydrogens is 307 g/mol. The predicted octanol–water partition coefficient (Wildman–Crippen LogP) is 5.01. The minimum Gasteiger partial charge on any atom is -0.367 e. The second kappa shape index (κ2) is 4.68. The Bertz CT molecular complexity index is 910. The van der Waals surface area contributed by atoms with Gasteiger partial charge in [-0.25, -0.2) is 4.39 Å². The summed E-state index contributed by atoms with van der Waals surface area (Å²) < 4.78 is 21.0. The van der Waals surface area contributed by atoms with Crippen LogP contribution >= 0.6 is 22.7 Å². The number of benzene rings is 1. The van der Waals surface area contributed by atoms with Crippen molar-refractivity contribution in [3.05, 3.63) is 47.6 Å². The van der Waals surface area contributed by atoms with Crippen molar-refractivity contribution in [2.75, 3.05) is 5.73 Å². The van der Waals surface area contributed by atoms with Gasteiger partial charge in [0.05, 0.1) is 10.4 Å². The lowest BCUT2D eigenvalue weighted by molar-refractivity contribution is 0.439. The Kier molecular flexibility index (Phi) is 2.80. The minimum atomic E-state index is -0.314. The van der Waals surface area contributed by atoms with E-state index in [0.29, 0.717) is 16.8 Å². The highest BCUT2D eigenvalue weighted by molar-refractivity contribution is 7.28. The first-order valence-corrected chi connectivity index (χ1v) is 7.90. The zero-order chi connectivity index (χ0) is 14.4. The number of anilines is 1. The van der Waals surface area contributed by atoms with E-state index in [1.165, 1.54) is 21.5 Å². The van der Waals surface area contributed by atoms with E-state index in [-0.39, 0.29) is 11.7 Å². The fourth-order valence-electron chi connectivity index (χ4n) is 2.28. The van der Waals surface area contributed by atoms with Gasteiger partial charge in [-0.05, 0) is 35.2 Å². The number of halogens is 1. The number of nitrogens with two attached hydrogens (primary N) is 1. The standard InChI is InChI=1S/C15H9FN2OS2/c16-9-3-1-2-8(6-9)13-14(18-19-15(13)17)12-7-11-10(21-12)4-5-20-11/h1-7H,17H2. The predicted molar refractivity (Wildman–Crippen MR) is 85.0 cm³/mol. The van der Waals surface area contributed by atoms with Crippen molar-refractivity contribution < 1.29 is 8.91 Å². The molecular formula is C15H9FN2OS2. The largest absolute Gasteiger partial charge is 0.367 e. The van der Waals surface area contributed by atoms with Gasteiger partial charge in [0.25, 0.3) is 0 Å². The van der Waals surface area contributed by atoms with Gasteiger partial charge in [-0.2, -0.15) is 0 Å². The molecule has 0 amide bonds. The lowest BCUT2D eigenvalue weighted by Gasteiger charge is -2.01. The summed E-state index contributed by atoms with van der Waals surface area (Å²) in [5, 5.41) is 6.11. The number of nitrogens with zero attached hydrogens (tertiary/aromatic N) is 1. The van der Waals surface area contributed by atoms with Crippen LogP contribution in [0.15, 0.2) is 46.3 Å². The van der Waals surface area contributed by atoms with Gasteiger partial charge in [0.1, 0.15) is 11.5 Å². The normalized spacial score (nSPS) is 11.3. The van der Waals surface area contributed by atoms with Crippen LogP contribution in [0.4, 0.5) is 10.3 Å². The Balaban J connectivity index is 1.92. The van der Waals surface area contributed by atoms with Crippen molar-refractivity contribution in [3.63, 3.8) is 0 Å². The van der Waals surface area contributed by atoms with Crippen molar-refractivity contribution in [3.8, 4) is 21.7 Å². The van der Waals surface area contributed by atoms with E-state index in [4.69, 9.17) is 10.3 Å². The first-order chi connectivity index (χ1) is 10.2. The maximum Gasteiger partial charge on any atom is 0.230 e. The van der Waals surface area contributed by atoms with Crippen molar-refractivity contribution in [2.45, 2.75) is 0 Å². The van der Waals surface area contributed by atoms with Crippen LogP contribution in [-0.2, 0) is 0 Å². The summed E-state index contributed by atoms with van der Waals surface area (Å²) in [5.41, 5.74) is 7.85. The molecule has 0 radical (unpaired) electrons. The lowest BCUT2D eigenvalue weighted by atomic mass is 10.0. The Morgan fingerprint density at radius 3 is 2.86 bits per heavy atom. The molecule has 21 heavy (non-hydrogen) atoms. The van der Waals surface area contributed by atoms with Gasteiger partial charge in [0.15, 0.2) is 0 Å². The zero-order valence-electron chi connectivity index (χ0n) is 10.7. The number of hydrogen-bond donors (Lipinski definition) is 1. The number of aromatic nitrogens is 1. The molecule has 4 rings (SSSR count). The summed E-state index contributed by atoms with van der Waals surface area (Å²) in [6.07, 6.45) is 0. The van der Waals surface area contributed by atoms with Gasteiger partial charge in [-0.1, -0.05) is 17.3 Å². The summed E-state index contributed by atoms with van der Waals surface area (Å²) >= 11 is 3.30. The molecule has 4 aromatic rings. The molecule has 2 N–H and O–H groups in total. The average Bonchev–Trinajstić information content (AvgIpc) is 3.11. The summed E-state index contributed by atoms with van der Waals surface area (Å²) in [6, 6.07) is 10.4. The second-order valence-corrected chi connectivity index (χ2v) is 6.57. The molecule has 0 aliphatic heterocycles. The van der Waals surface area contributed by atoms with Crippen LogP contribution in [0.1, 0.15) is 0 Å². The smallest absolute Gasteiger partial charge is 0.230 e. The Labute approximate surface area is 127 Å². The van der Waals surface area contributed by atoms with E-state index in [1.807, 2.05) is 0 Å². The van der Waals surface area contributed by atoms with Gasteiger partial charge >= 0.3 is 0 Å². The lowest BCUT2D eigenvalue weighted by Crippen LogP contribution is -1.87. The van der Waals surface area contributed by atoms with Gasteiger partial charge in [0, 0.05) is 9.40 Å². The van der Waals surface area contributed by atoms with E-state index in [1.54, 1.807) is 34.8 Å². The molecule has 0 aliphatic carbocycles. The van der Waals surface area contributed by atoms with Crippen LogP contribution in [0.3, 0.4) is 0 Å². The number of thiophene rings is 2. The third-order valence-electron chi connectivity index (χ3n) is 3.20. The molecule has 0 saturated carbocycles. The summed E-state index contributed by atoms with van der Waals surface area (Å²) in [5.74, 6) is -0.112. The topological polar surface area (TPSA) is 52.0 Å². The monoisotopic (exact) mass is 316 g/mol. The molecule has 3 aromatic heterocycles. The molecule has 0 atom stereocenters. The molecule has 0 spiro atoms. The second-order valence-electron chi connectivity index (χ2n) is 4.54. The minimum absolute atomic E-state index is 0.201. The fourth-order valence-corrected chi connectivity index (χ4v) is 4.37. The maximum atomic E-state index is 13.5. The fraction of sp³-hybridized carbons (Fsp3) is 0. The van der Waals surface area contributed by atoms with Crippen LogP contribution in [0.25, 0.3) is 31.1 Å². The van der Waals surface area contributed by atoms with Crippen LogP contribution in [-0.4, -0.2) is 5.16 Å². The maximum absolute atomic E-state index is 13.5. The zero-order valence-corrected chi connectivity index (χ0v) is 12.3. The first-order valence-electron chi connectivity index (χ1n) is 6.21. The molecule has 0 fully saturated rings. The van der Waals surface area contributed by atoms with Gasteiger partial charge in [-0.3, -0.25) is 0 Å². The highest BCUT2D eigenvalue weighted by atomic mass is 32.1. The third-order valence-corrected chi connectivity index (χ3v) is 5.30. The Hall–Kier alpha value is -2.18. The third kappa shape index (κ3) is 2.03. The molecule has 0 bridgehead atoms. The van der Waals surface area contributed by atoms with Crippen molar-refractivity contribution in [1.29, 1.82) is 0 Å².